The third-order valence-corrected chi connectivity index (χ3v) is 3.93. The summed E-state index contributed by atoms with van der Waals surface area (Å²) in [6.07, 6.45) is 0. The summed E-state index contributed by atoms with van der Waals surface area (Å²) in [5.41, 5.74) is 0.567. The molecule has 0 unspecified atom stereocenters. The quantitative estimate of drug-likeness (QED) is 0.470. The number of para-hydroxylation sites is 1. The molecule has 1 heterocycles. The van der Waals surface area contributed by atoms with E-state index in [1.165, 1.54) is 19.2 Å². The van der Waals surface area contributed by atoms with E-state index < -0.39 is 10.9 Å². The molecule has 1 aromatic rings. The summed E-state index contributed by atoms with van der Waals surface area (Å²) < 4.78 is 4.78. The van der Waals surface area contributed by atoms with Gasteiger partial charge in [0.15, 0.2) is 0 Å². The van der Waals surface area contributed by atoms with Crippen molar-refractivity contribution in [3.63, 3.8) is 0 Å². The average molecular weight is 321 g/mol. The Labute approximate surface area is 136 Å². The van der Waals surface area contributed by atoms with Crippen LogP contribution in [0.3, 0.4) is 0 Å². The van der Waals surface area contributed by atoms with Crippen molar-refractivity contribution >= 4 is 17.3 Å². The number of hydrogen-bond acceptors (Lipinski definition) is 6. The Morgan fingerprint density at radius 3 is 2.48 bits per heavy atom. The number of nitro groups is 1. The second kappa shape index (κ2) is 7.41. The van der Waals surface area contributed by atoms with Crippen molar-refractivity contribution in [2.24, 2.45) is 5.92 Å². The van der Waals surface area contributed by atoms with Crippen LogP contribution >= 0.6 is 0 Å². The Bertz CT molecular complexity index is 581. The zero-order valence-electron chi connectivity index (χ0n) is 13.8. The van der Waals surface area contributed by atoms with Gasteiger partial charge in [-0.25, -0.2) is 4.79 Å². The summed E-state index contributed by atoms with van der Waals surface area (Å²) in [5.74, 6) is 0.0338. The van der Waals surface area contributed by atoms with Crippen LogP contribution in [-0.2, 0) is 4.74 Å². The molecule has 1 saturated heterocycles. The zero-order valence-corrected chi connectivity index (χ0v) is 13.8. The number of piperazine rings is 1. The molecule has 1 aromatic carbocycles. The minimum Gasteiger partial charge on any atom is -0.465 e. The standard InChI is InChI=1S/C16H23N3O4/c1-12(2)11-17-7-9-18(10-8-17)15-13(16(20)23-3)5-4-6-14(15)19(21)22/h4-6,12H,7-11H2,1-3H3. The fourth-order valence-electron chi connectivity index (χ4n) is 2.96. The summed E-state index contributed by atoms with van der Waals surface area (Å²) in [6.45, 7) is 8.31. The van der Waals surface area contributed by atoms with E-state index in [1.54, 1.807) is 6.07 Å². The lowest BCUT2D eigenvalue weighted by molar-refractivity contribution is -0.384. The highest BCUT2D eigenvalue weighted by molar-refractivity contribution is 5.98. The van der Waals surface area contributed by atoms with Crippen LogP contribution in [0.2, 0.25) is 0 Å². The lowest BCUT2D eigenvalue weighted by Gasteiger charge is -2.37. The molecule has 0 aromatic heterocycles. The highest BCUT2D eigenvalue weighted by atomic mass is 16.6. The number of methoxy groups -OCH3 is 1. The van der Waals surface area contributed by atoms with Gasteiger partial charge in [0.05, 0.1) is 17.6 Å². The van der Waals surface area contributed by atoms with Gasteiger partial charge in [-0.1, -0.05) is 19.9 Å². The first kappa shape index (κ1) is 17.2. The van der Waals surface area contributed by atoms with Gasteiger partial charge >= 0.3 is 5.97 Å². The minimum absolute atomic E-state index is 0.0507. The first-order valence-electron chi connectivity index (χ1n) is 7.77. The van der Waals surface area contributed by atoms with Crippen LogP contribution in [0, 0.1) is 16.0 Å². The molecule has 0 saturated carbocycles. The van der Waals surface area contributed by atoms with Crippen LogP contribution in [0.15, 0.2) is 18.2 Å². The third kappa shape index (κ3) is 3.98. The smallest absolute Gasteiger partial charge is 0.340 e. The molecule has 7 nitrogen and oxygen atoms in total. The summed E-state index contributed by atoms with van der Waals surface area (Å²) in [5, 5.41) is 11.4. The number of esters is 1. The number of rotatable bonds is 5. The molecule has 1 aliphatic heterocycles. The molecule has 1 aliphatic rings. The Morgan fingerprint density at radius 2 is 1.96 bits per heavy atom. The number of anilines is 1. The Balaban J connectivity index is 2.28. The highest BCUT2D eigenvalue weighted by Gasteiger charge is 2.29. The lowest BCUT2D eigenvalue weighted by Crippen LogP contribution is -2.48. The molecule has 23 heavy (non-hydrogen) atoms. The highest BCUT2D eigenvalue weighted by Crippen LogP contribution is 2.33. The summed E-state index contributed by atoms with van der Waals surface area (Å²) in [4.78, 5) is 27.2. The number of ether oxygens (including phenoxy) is 1. The van der Waals surface area contributed by atoms with Crippen molar-refractivity contribution in [2.45, 2.75) is 13.8 Å². The number of carbonyl (C=O) groups excluding carboxylic acids is 1. The van der Waals surface area contributed by atoms with Crippen LogP contribution in [-0.4, -0.2) is 55.6 Å². The molecule has 1 fully saturated rings. The van der Waals surface area contributed by atoms with Crippen LogP contribution in [0.4, 0.5) is 11.4 Å². The van der Waals surface area contributed by atoms with Crippen molar-refractivity contribution in [1.82, 2.24) is 4.90 Å². The fourth-order valence-corrected chi connectivity index (χ4v) is 2.96. The number of nitro benzene ring substituents is 1. The summed E-state index contributed by atoms with van der Waals surface area (Å²) in [6, 6.07) is 4.53. The molecule has 0 aliphatic carbocycles. The van der Waals surface area contributed by atoms with E-state index in [-0.39, 0.29) is 11.3 Å². The van der Waals surface area contributed by atoms with E-state index in [2.05, 4.69) is 18.7 Å². The Morgan fingerprint density at radius 1 is 1.30 bits per heavy atom. The van der Waals surface area contributed by atoms with Gasteiger partial charge in [0, 0.05) is 38.8 Å². The summed E-state index contributed by atoms with van der Waals surface area (Å²) >= 11 is 0. The molecule has 0 bridgehead atoms. The second-order valence-corrected chi connectivity index (χ2v) is 6.10. The van der Waals surface area contributed by atoms with Crippen molar-refractivity contribution in [2.75, 3.05) is 44.7 Å². The van der Waals surface area contributed by atoms with E-state index >= 15 is 0 Å². The van der Waals surface area contributed by atoms with Crippen LogP contribution in [0.5, 0.6) is 0 Å². The monoisotopic (exact) mass is 321 g/mol. The van der Waals surface area contributed by atoms with E-state index in [1.807, 2.05) is 4.90 Å². The molecule has 7 heteroatoms. The Hall–Kier alpha value is -2.15. The maximum Gasteiger partial charge on any atom is 0.340 e. The van der Waals surface area contributed by atoms with Gasteiger partial charge in [0.25, 0.3) is 5.69 Å². The predicted octanol–water partition coefficient (Wildman–Crippen LogP) is 2.16. The van der Waals surface area contributed by atoms with Crippen LogP contribution in [0.1, 0.15) is 24.2 Å². The second-order valence-electron chi connectivity index (χ2n) is 6.10. The molecule has 0 radical (unpaired) electrons. The number of benzene rings is 1. The first-order valence-corrected chi connectivity index (χ1v) is 7.77. The number of nitrogens with zero attached hydrogens (tertiary/aromatic N) is 3. The van der Waals surface area contributed by atoms with Crippen LogP contribution < -0.4 is 4.90 Å². The van der Waals surface area contributed by atoms with E-state index in [0.717, 1.165) is 19.6 Å². The predicted molar refractivity (Wildman–Crippen MR) is 87.9 cm³/mol. The maximum absolute atomic E-state index is 12.0. The van der Waals surface area contributed by atoms with Gasteiger partial charge in [-0.05, 0) is 12.0 Å². The molecule has 126 valence electrons. The van der Waals surface area contributed by atoms with Crippen molar-refractivity contribution in [3.05, 3.63) is 33.9 Å². The molecule has 0 spiro atoms. The third-order valence-electron chi connectivity index (χ3n) is 3.93. The van der Waals surface area contributed by atoms with E-state index in [9.17, 15) is 14.9 Å². The molecule has 2 rings (SSSR count). The van der Waals surface area contributed by atoms with Crippen molar-refractivity contribution < 1.29 is 14.5 Å². The van der Waals surface area contributed by atoms with Crippen LogP contribution in [0.25, 0.3) is 0 Å². The molecule has 0 atom stereocenters. The topological polar surface area (TPSA) is 75.9 Å². The van der Waals surface area contributed by atoms with E-state index in [4.69, 9.17) is 4.74 Å². The van der Waals surface area contributed by atoms with Gasteiger partial charge in [-0.3, -0.25) is 15.0 Å². The largest absolute Gasteiger partial charge is 0.465 e. The Kier molecular flexibility index (Phi) is 5.54. The zero-order chi connectivity index (χ0) is 17.0. The molecular weight excluding hydrogens is 298 g/mol. The number of carbonyl (C=O) groups is 1. The van der Waals surface area contributed by atoms with Gasteiger partial charge in [-0.2, -0.15) is 0 Å². The normalized spacial score (nSPS) is 15.7. The van der Waals surface area contributed by atoms with Gasteiger partial charge < -0.3 is 9.64 Å². The van der Waals surface area contributed by atoms with Gasteiger partial charge in [0.1, 0.15) is 5.69 Å². The average Bonchev–Trinajstić information content (AvgIpc) is 2.53. The van der Waals surface area contributed by atoms with Crippen molar-refractivity contribution in [3.8, 4) is 0 Å². The minimum atomic E-state index is -0.548. The molecular formula is C16H23N3O4. The fraction of sp³-hybridized carbons (Fsp3) is 0.562. The van der Waals surface area contributed by atoms with Gasteiger partial charge in [0.2, 0.25) is 0 Å². The van der Waals surface area contributed by atoms with E-state index in [0.29, 0.717) is 24.7 Å². The maximum atomic E-state index is 12.0. The SMILES string of the molecule is COC(=O)c1cccc([N+](=O)[O-])c1N1CCN(CC(C)C)CC1. The molecule has 0 N–H and O–H groups in total. The lowest BCUT2D eigenvalue weighted by atomic mass is 10.1. The van der Waals surface area contributed by atoms with Gasteiger partial charge in [-0.15, -0.1) is 0 Å². The van der Waals surface area contributed by atoms with Crippen molar-refractivity contribution in [1.29, 1.82) is 0 Å². The molecule has 0 amide bonds. The summed E-state index contributed by atoms with van der Waals surface area (Å²) in [7, 11) is 1.28. The first-order chi connectivity index (χ1) is 10.9. The number of hydrogen-bond donors (Lipinski definition) is 0.